The van der Waals surface area contributed by atoms with Gasteiger partial charge in [0.25, 0.3) is 5.91 Å². The fourth-order valence-electron chi connectivity index (χ4n) is 3.03. The van der Waals surface area contributed by atoms with Crippen LogP contribution in [0.2, 0.25) is 0 Å². The Bertz CT molecular complexity index is 718. The summed E-state index contributed by atoms with van der Waals surface area (Å²) in [5.41, 5.74) is 6.38. The standard InChI is InChI=1S/C16H20FN5O.ClH/c1-10-7-12(8-18)9-21(10)16(23)15-19-11(2)22(20-15)14-5-3-13(17)4-6-14;/h3-6,10,12H,7-9,18H2,1-2H3;1H. The molecule has 2 atom stereocenters. The lowest BCUT2D eigenvalue weighted by atomic mass is 10.1. The topological polar surface area (TPSA) is 77.0 Å². The Balaban J connectivity index is 0.00000208. The van der Waals surface area contributed by atoms with Crippen molar-refractivity contribution in [1.29, 1.82) is 0 Å². The summed E-state index contributed by atoms with van der Waals surface area (Å²) in [6.45, 7) is 4.99. The van der Waals surface area contributed by atoms with Gasteiger partial charge in [-0.05, 0) is 57.0 Å². The van der Waals surface area contributed by atoms with Crippen LogP contribution in [0.25, 0.3) is 5.69 Å². The number of rotatable bonds is 3. The highest BCUT2D eigenvalue weighted by molar-refractivity contribution is 5.91. The van der Waals surface area contributed by atoms with Crippen molar-refractivity contribution >= 4 is 18.3 Å². The molecule has 0 spiro atoms. The predicted molar refractivity (Wildman–Crippen MR) is 91.0 cm³/mol. The van der Waals surface area contributed by atoms with Gasteiger partial charge in [-0.3, -0.25) is 4.79 Å². The van der Waals surface area contributed by atoms with Crippen LogP contribution in [0.5, 0.6) is 0 Å². The van der Waals surface area contributed by atoms with E-state index in [2.05, 4.69) is 10.1 Å². The van der Waals surface area contributed by atoms with Crippen LogP contribution in [-0.4, -0.2) is 44.7 Å². The lowest BCUT2D eigenvalue weighted by molar-refractivity contribution is 0.0731. The van der Waals surface area contributed by atoms with Gasteiger partial charge in [-0.1, -0.05) is 0 Å². The highest BCUT2D eigenvalue weighted by atomic mass is 35.5. The third-order valence-electron chi connectivity index (χ3n) is 4.29. The Labute approximate surface area is 146 Å². The highest BCUT2D eigenvalue weighted by Crippen LogP contribution is 2.23. The molecule has 1 saturated heterocycles. The molecule has 0 saturated carbocycles. The van der Waals surface area contributed by atoms with Crippen molar-refractivity contribution in [3.05, 3.63) is 41.7 Å². The van der Waals surface area contributed by atoms with Crippen molar-refractivity contribution < 1.29 is 9.18 Å². The second kappa shape index (κ2) is 7.27. The van der Waals surface area contributed by atoms with Crippen LogP contribution < -0.4 is 5.73 Å². The number of hydrogen-bond donors (Lipinski definition) is 1. The van der Waals surface area contributed by atoms with E-state index in [1.54, 1.807) is 28.6 Å². The van der Waals surface area contributed by atoms with Gasteiger partial charge in [-0.15, -0.1) is 17.5 Å². The Morgan fingerprint density at radius 2 is 2.04 bits per heavy atom. The number of hydrogen-bond acceptors (Lipinski definition) is 4. The fraction of sp³-hybridized carbons (Fsp3) is 0.438. The Hall–Kier alpha value is -1.99. The third kappa shape index (κ3) is 3.42. The largest absolute Gasteiger partial charge is 0.333 e. The van der Waals surface area contributed by atoms with E-state index in [0.717, 1.165) is 6.42 Å². The summed E-state index contributed by atoms with van der Waals surface area (Å²) in [7, 11) is 0. The van der Waals surface area contributed by atoms with Gasteiger partial charge in [0, 0.05) is 12.6 Å². The number of carbonyl (C=O) groups excluding carboxylic acids is 1. The molecule has 2 heterocycles. The minimum atomic E-state index is -0.318. The maximum Gasteiger partial charge on any atom is 0.293 e. The molecule has 1 fully saturated rings. The molecule has 0 aliphatic carbocycles. The summed E-state index contributed by atoms with van der Waals surface area (Å²) in [6.07, 6.45) is 0.903. The first kappa shape index (κ1) is 18.4. The van der Waals surface area contributed by atoms with Gasteiger partial charge in [0.1, 0.15) is 11.6 Å². The first-order valence-electron chi connectivity index (χ1n) is 7.70. The van der Waals surface area contributed by atoms with E-state index in [1.807, 2.05) is 6.92 Å². The number of amides is 1. The van der Waals surface area contributed by atoms with E-state index < -0.39 is 0 Å². The monoisotopic (exact) mass is 353 g/mol. The summed E-state index contributed by atoms with van der Waals surface area (Å²) in [5, 5.41) is 4.30. The molecule has 0 bridgehead atoms. The summed E-state index contributed by atoms with van der Waals surface area (Å²) in [5.74, 6) is 0.576. The van der Waals surface area contributed by atoms with Crippen LogP contribution in [-0.2, 0) is 0 Å². The lowest BCUT2D eigenvalue weighted by Gasteiger charge is -2.19. The number of carbonyl (C=O) groups is 1. The summed E-state index contributed by atoms with van der Waals surface area (Å²) in [6, 6.07) is 6.05. The van der Waals surface area contributed by atoms with Gasteiger partial charge < -0.3 is 10.6 Å². The van der Waals surface area contributed by atoms with Crippen LogP contribution in [0.3, 0.4) is 0 Å². The molecule has 1 amide bonds. The number of likely N-dealkylation sites (tertiary alicyclic amines) is 1. The molecule has 1 aliphatic rings. The molecule has 24 heavy (non-hydrogen) atoms. The van der Waals surface area contributed by atoms with Gasteiger partial charge in [0.2, 0.25) is 5.82 Å². The van der Waals surface area contributed by atoms with E-state index in [9.17, 15) is 9.18 Å². The zero-order valence-corrected chi connectivity index (χ0v) is 14.5. The average Bonchev–Trinajstić information content (AvgIpc) is 3.10. The molecule has 3 rings (SSSR count). The van der Waals surface area contributed by atoms with Crippen molar-refractivity contribution in [2.75, 3.05) is 13.1 Å². The Kier molecular flexibility index (Phi) is 5.56. The zero-order chi connectivity index (χ0) is 16.6. The minimum absolute atomic E-state index is 0. The predicted octanol–water partition coefficient (Wildman–Crippen LogP) is 1.95. The van der Waals surface area contributed by atoms with Gasteiger partial charge in [0.15, 0.2) is 0 Å². The van der Waals surface area contributed by atoms with E-state index >= 15 is 0 Å². The molecule has 1 aromatic carbocycles. The number of halogens is 2. The summed E-state index contributed by atoms with van der Waals surface area (Å²) >= 11 is 0. The second-order valence-corrected chi connectivity index (χ2v) is 6.01. The molecule has 2 aromatic rings. The lowest BCUT2D eigenvalue weighted by Crippen LogP contribution is -2.35. The van der Waals surface area contributed by atoms with Crippen molar-refractivity contribution in [2.45, 2.75) is 26.3 Å². The molecule has 1 aliphatic heterocycles. The maximum absolute atomic E-state index is 13.0. The third-order valence-corrected chi connectivity index (χ3v) is 4.29. The first-order valence-corrected chi connectivity index (χ1v) is 7.70. The molecule has 130 valence electrons. The number of aromatic nitrogens is 3. The van der Waals surface area contributed by atoms with Crippen LogP contribution >= 0.6 is 12.4 Å². The second-order valence-electron chi connectivity index (χ2n) is 6.01. The van der Waals surface area contributed by atoms with Crippen molar-refractivity contribution in [3.8, 4) is 5.69 Å². The zero-order valence-electron chi connectivity index (χ0n) is 13.6. The number of benzene rings is 1. The Morgan fingerprint density at radius 1 is 1.38 bits per heavy atom. The first-order chi connectivity index (χ1) is 11.0. The number of aryl methyl sites for hydroxylation is 1. The molecule has 1 aromatic heterocycles. The molecule has 6 nitrogen and oxygen atoms in total. The van der Waals surface area contributed by atoms with Gasteiger partial charge in [-0.25, -0.2) is 14.1 Å². The molecule has 8 heteroatoms. The molecular formula is C16H21ClFN5O. The normalized spacial score (nSPS) is 20.1. The molecule has 2 N–H and O–H groups in total. The van der Waals surface area contributed by atoms with Crippen molar-refractivity contribution in [3.63, 3.8) is 0 Å². The van der Waals surface area contributed by atoms with E-state index in [-0.39, 0.29) is 36.0 Å². The van der Waals surface area contributed by atoms with E-state index in [4.69, 9.17) is 5.73 Å². The van der Waals surface area contributed by atoms with Gasteiger partial charge in [-0.2, -0.15) is 0 Å². The van der Waals surface area contributed by atoms with Crippen LogP contribution in [0.1, 0.15) is 29.8 Å². The smallest absolute Gasteiger partial charge is 0.293 e. The van der Waals surface area contributed by atoms with E-state index in [1.165, 1.54) is 12.1 Å². The van der Waals surface area contributed by atoms with E-state index in [0.29, 0.717) is 30.5 Å². The fourth-order valence-corrected chi connectivity index (χ4v) is 3.03. The van der Waals surface area contributed by atoms with Gasteiger partial charge >= 0.3 is 0 Å². The number of nitrogens with zero attached hydrogens (tertiary/aromatic N) is 4. The summed E-state index contributed by atoms with van der Waals surface area (Å²) < 4.78 is 14.6. The van der Waals surface area contributed by atoms with Crippen LogP contribution in [0.4, 0.5) is 4.39 Å². The quantitative estimate of drug-likeness (QED) is 0.914. The SMILES string of the molecule is Cc1nc(C(=O)N2CC(CN)CC2C)nn1-c1ccc(F)cc1.Cl. The van der Waals surface area contributed by atoms with Crippen LogP contribution in [0, 0.1) is 18.7 Å². The highest BCUT2D eigenvalue weighted by Gasteiger charge is 2.34. The summed E-state index contributed by atoms with van der Waals surface area (Å²) in [4.78, 5) is 18.7. The molecular weight excluding hydrogens is 333 g/mol. The minimum Gasteiger partial charge on any atom is -0.333 e. The van der Waals surface area contributed by atoms with Crippen molar-refractivity contribution in [2.24, 2.45) is 11.7 Å². The van der Waals surface area contributed by atoms with Crippen LogP contribution in [0.15, 0.2) is 24.3 Å². The maximum atomic E-state index is 13.0. The Morgan fingerprint density at radius 3 is 2.62 bits per heavy atom. The number of nitrogens with two attached hydrogens (primary N) is 1. The molecule has 2 unspecified atom stereocenters. The van der Waals surface area contributed by atoms with Crippen molar-refractivity contribution in [1.82, 2.24) is 19.7 Å². The average molecular weight is 354 g/mol. The molecule has 0 radical (unpaired) electrons. The van der Waals surface area contributed by atoms with Gasteiger partial charge in [0.05, 0.1) is 5.69 Å².